The first kappa shape index (κ1) is 20.5. The molecule has 2 aliphatic carbocycles. The number of aromatic nitrogens is 2. The fourth-order valence-corrected chi connectivity index (χ4v) is 5.17. The molecule has 0 aliphatic heterocycles. The van der Waals surface area contributed by atoms with Crippen LogP contribution in [0, 0.1) is 17.8 Å². The van der Waals surface area contributed by atoms with Crippen LogP contribution in [-0.4, -0.2) is 36.6 Å². The number of hydrogen-bond acceptors (Lipinski definition) is 6. The van der Waals surface area contributed by atoms with Crippen LogP contribution in [-0.2, 0) is 14.6 Å². The van der Waals surface area contributed by atoms with E-state index in [2.05, 4.69) is 32.4 Å². The number of benzene rings is 1. The second-order valence-electron chi connectivity index (χ2n) is 8.17. The molecule has 32 heavy (non-hydrogen) atoms. The highest BCUT2D eigenvalue weighted by molar-refractivity contribution is 7.92. The first-order chi connectivity index (χ1) is 15.5. The average Bonchev–Trinajstić information content (AvgIpc) is 3.70. The Morgan fingerprint density at radius 3 is 2.41 bits per heavy atom. The summed E-state index contributed by atoms with van der Waals surface area (Å²) in [6, 6.07) is 8.50. The quantitative estimate of drug-likeness (QED) is 0.583. The minimum atomic E-state index is -3.21. The Kier molecular flexibility index (Phi) is 5.06. The predicted molar refractivity (Wildman–Crippen MR) is 123 cm³/mol. The van der Waals surface area contributed by atoms with Crippen LogP contribution < -0.4 is 10.6 Å². The van der Waals surface area contributed by atoms with Crippen LogP contribution in [0.1, 0.15) is 36.8 Å². The Balaban J connectivity index is 1.47. The van der Waals surface area contributed by atoms with Crippen molar-refractivity contribution in [2.45, 2.75) is 35.8 Å². The van der Waals surface area contributed by atoms with Crippen molar-refractivity contribution in [3.05, 3.63) is 53.9 Å². The van der Waals surface area contributed by atoms with Crippen molar-refractivity contribution in [1.29, 1.82) is 0 Å². The maximum Gasteiger partial charge on any atom is 0.228 e. The fourth-order valence-electron chi connectivity index (χ4n) is 3.51. The molecule has 8 heteroatoms. The van der Waals surface area contributed by atoms with Crippen molar-refractivity contribution in [1.82, 2.24) is 9.97 Å². The number of nitrogens with one attached hydrogen (secondary N) is 2. The molecule has 2 fully saturated rings. The van der Waals surface area contributed by atoms with Gasteiger partial charge in [-0.1, -0.05) is 11.8 Å². The van der Waals surface area contributed by atoms with Gasteiger partial charge in [0.2, 0.25) is 5.91 Å². The van der Waals surface area contributed by atoms with Crippen LogP contribution in [0.25, 0.3) is 10.8 Å². The highest BCUT2D eigenvalue weighted by Crippen LogP contribution is 2.33. The van der Waals surface area contributed by atoms with Gasteiger partial charge in [-0.05, 0) is 56.0 Å². The summed E-state index contributed by atoms with van der Waals surface area (Å²) in [5.74, 6) is 7.46. The average molecular weight is 447 g/mol. The van der Waals surface area contributed by atoms with E-state index in [1.807, 2.05) is 6.07 Å². The minimum Gasteiger partial charge on any atom is -0.373 e. The molecule has 3 aromatic rings. The van der Waals surface area contributed by atoms with Crippen molar-refractivity contribution in [2.24, 2.45) is 5.92 Å². The van der Waals surface area contributed by atoms with E-state index in [0.717, 1.165) is 36.5 Å². The molecule has 1 amide bonds. The number of anilines is 2. The first-order valence-electron chi connectivity index (χ1n) is 10.6. The van der Waals surface area contributed by atoms with Crippen molar-refractivity contribution < 1.29 is 13.2 Å². The maximum atomic E-state index is 12.4. The number of rotatable bonds is 5. The summed E-state index contributed by atoms with van der Waals surface area (Å²) in [5.41, 5.74) is 1.40. The predicted octanol–water partition coefficient (Wildman–Crippen LogP) is 3.36. The highest BCUT2D eigenvalue weighted by Gasteiger charge is 2.36. The zero-order chi connectivity index (χ0) is 22.3. The third-order valence-electron chi connectivity index (χ3n) is 5.70. The number of amides is 1. The molecule has 5 rings (SSSR count). The monoisotopic (exact) mass is 446 g/mol. The van der Waals surface area contributed by atoms with E-state index in [4.69, 9.17) is 0 Å². The molecule has 2 saturated carbocycles. The summed E-state index contributed by atoms with van der Waals surface area (Å²) < 4.78 is 24.7. The van der Waals surface area contributed by atoms with Crippen molar-refractivity contribution in [3.8, 4) is 11.8 Å². The summed E-state index contributed by atoms with van der Waals surface area (Å²) in [5, 5.41) is 7.32. The van der Waals surface area contributed by atoms with Crippen molar-refractivity contribution in [2.75, 3.05) is 17.7 Å². The van der Waals surface area contributed by atoms with Gasteiger partial charge in [0.1, 0.15) is 11.6 Å². The van der Waals surface area contributed by atoms with Gasteiger partial charge in [0.25, 0.3) is 0 Å². The van der Waals surface area contributed by atoms with Gasteiger partial charge in [-0.15, -0.1) is 0 Å². The minimum absolute atomic E-state index is 0.00591. The van der Waals surface area contributed by atoms with Gasteiger partial charge >= 0.3 is 0 Å². The fraction of sp³-hybridized carbons (Fsp3) is 0.292. The zero-order valence-electron chi connectivity index (χ0n) is 17.6. The van der Waals surface area contributed by atoms with E-state index in [1.54, 1.807) is 43.7 Å². The van der Waals surface area contributed by atoms with Crippen LogP contribution >= 0.6 is 0 Å². The number of pyridine rings is 2. The molecular formula is C24H22N4O3S. The normalized spacial score (nSPS) is 15.7. The van der Waals surface area contributed by atoms with E-state index in [9.17, 15) is 13.2 Å². The van der Waals surface area contributed by atoms with Crippen LogP contribution in [0.2, 0.25) is 0 Å². The molecule has 0 saturated heterocycles. The van der Waals surface area contributed by atoms with Crippen LogP contribution in [0.4, 0.5) is 11.6 Å². The van der Waals surface area contributed by atoms with Crippen molar-refractivity contribution in [3.63, 3.8) is 0 Å². The number of sulfone groups is 1. The van der Waals surface area contributed by atoms with Gasteiger partial charge in [0.05, 0.1) is 15.7 Å². The molecule has 1 aromatic carbocycles. The maximum absolute atomic E-state index is 12.4. The Morgan fingerprint density at radius 1 is 1.00 bits per heavy atom. The topological polar surface area (TPSA) is 101 Å². The number of carbonyl (C=O) groups is 1. The molecule has 0 radical (unpaired) electrons. The number of fused-ring (bicyclic) bond motifs is 1. The second kappa shape index (κ2) is 7.92. The van der Waals surface area contributed by atoms with Gasteiger partial charge in [0, 0.05) is 41.7 Å². The summed E-state index contributed by atoms with van der Waals surface area (Å²) in [6.07, 6.45) is 6.68. The number of nitrogens with zero attached hydrogens (tertiary/aromatic N) is 2. The lowest BCUT2D eigenvalue weighted by Gasteiger charge is -2.09. The number of carbonyl (C=O) groups excluding carboxylic acids is 1. The Morgan fingerprint density at radius 2 is 1.75 bits per heavy atom. The zero-order valence-corrected chi connectivity index (χ0v) is 18.4. The van der Waals surface area contributed by atoms with Crippen LogP contribution in [0.3, 0.4) is 0 Å². The molecule has 0 unspecified atom stereocenters. The molecule has 2 heterocycles. The van der Waals surface area contributed by atoms with E-state index < -0.39 is 9.84 Å². The SMILES string of the molecule is CNc1ncc(C#Cc2ccc(S(=O)(=O)C3CC3)cc2)c2cc(NC(=O)C3CC3)ncc12. The van der Waals surface area contributed by atoms with Gasteiger partial charge < -0.3 is 10.6 Å². The Hall–Kier alpha value is -3.44. The third kappa shape index (κ3) is 4.04. The molecule has 7 nitrogen and oxygen atoms in total. The van der Waals surface area contributed by atoms with E-state index in [0.29, 0.717) is 27.7 Å². The van der Waals surface area contributed by atoms with Gasteiger partial charge in [-0.3, -0.25) is 4.79 Å². The molecule has 162 valence electrons. The van der Waals surface area contributed by atoms with Gasteiger partial charge in [-0.2, -0.15) is 0 Å². The van der Waals surface area contributed by atoms with Gasteiger partial charge in [0.15, 0.2) is 9.84 Å². The summed E-state index contributed by atoms with van der Waals surface area (Å²) in [4.78, 5) is 21.3. The Labute approximate surface area is 186 Å². The molecule has 0 bridgehead atoms. The molecule has 2 aromatic heterocycles. The molecule has 0 spiro atoms. The Bertz CT molecular complexity index is 1380. The second-order valence-corrected chi connectivity index (χ2v) is 10.4. The van der Waals surface area contributed by atoms with Gasteiger partial charge in [-0.25, -0.2) is 18.4 Å². The lowest BCUT2D eigenvalue weighted by molar-refractivity contribution is -0.117. The largest absolute Gasteiger partial charge is 0.373 e. The molecule has 2 N–H and O–H groups in total. The van der Waals surface area contributed by atoms with E-state index >= 15 is 0 Å². The lowest BCUT2D eigenvalue weighted by atomic mass is 10.1. The third-order valence-corrected chi connectivity index (χ3v) is 7.97. The summed E-state index contributed by atoms with van der Waals surface area (Å²) in [6.45, 7) is 0. The van der Waals surface area contributed by atoms with E-state index in [-0.39, 0.29) is 17.1 Å². The smallest absolute Gasteiger partial charge is 0.228 e. The van der Waals surface area contributed by atoms with Crippen LogP contribution in [0.15, 0.2) is 47.6 Å². The highest BCUT2D eigenvalue weighted by atomic mass is 32.2. The standard InChI is InChI=1S/C24H22N4O3S/c1-25-23-21-14-26-22(28-24(29)16-6-7-16)12-20(21)17(13-27-23)5-2-15-3-8-18(9-4-15)32(30,31)19-10-11-19/h3-4,8-9,12-14,16,19H,6-7,10-11H2,1H3,(H,25,27)(H,26,28,29). The lowest BCUT2D eigenvalue weighted by Crippen LogP contribution is -2.14. The van der Waals surface area contributed by atoms with Crippen LogP contribution in [0.5, 0.6) is 0 Å². The van der Waals surface area contributed by atoms with E-state index in [1.165, 1.54) is 0 Å². The summed E-state index contributed by atoms with van der Waals surface area (Å²) >= 11 is 0. The number of hydrogen-bond donors (Lipinski definition) is 2. The molecule has 2 aliphatic rings. The van der Waals surface area contributed by atoms with Crippen molar-refractivity contribution >= 4 is 38.2 Å². The molecule has 0 atom stereocenters. The summed E-state index contributed by atoms with van der Waals surface area (Å²) in [7, 11) is -1.42. The first-order valence-corrected chi connectivity index (χ1v) is 12.1. The molecular weight excluding hydrogens is 424 g/mol.